The first-order valence-electron chi connectivity index (χ1n) is 11.4. The lowest BCUT2D eigenvalue weighted by atomic mass is 9.93. The molecule has 3 aromatic rings. The van der Waals surface area contributed by atoms with Crippen LogP contribution in [-0.2, 0) is 21.2 Å². The van der Waals surface area contributed by atoms with Gasteiger partial charge in [-0.2, -0.15) is 4.72 Å². The zero-order chi connectivity index (χ0) is 25.1. The van der Waals surface area contributed by atoms with E-state index in [9.17, 15) is 23.1 Å². The van der Waals surface area contributed by atoms with Crippen LogP contribution in [0.1, 0.15) is 39.7 Å². The smallest absolute Gasteiger partial charge is 0.241 e. The fraction of sp³-hybridized carbons (Fsp3) is 0.385. The third-order valence-electron chi connectivity index (χ3n) is 5.92. The first-order valence-corrected chi connectivity index (χ1v) is 12.9. The van der Waals surface area contributed by atoms with Crippen molar-refractivity contribution in [1.82, 2.24) is 10.0 Å². The number of hydrogen-bond donors (Lipinski definition) is 3. The monoisotopic (exact) mass is 484 g/mol. The normalized spacial score (nSPS) is 14.9. The van der Waals surface area contributed by atoms with Gasteiger partial charge in [0.1, 0.15) is 11.8 Å². The Hall–Kier alpha value is -2.81. The SMILES string of the molecule is CC(C)CC(NS(=O)(=O)c1ccccc1)C(=O)NC(O)(Cc1c(-c2ccccc2)c1=O)C(C)C. The Balaban J connectivity index is 1.81. The van der Waals surface area contributed by atoms with Crippen LogP contribution >= 0.6 is 0 Å². The highest BCUT2D eigenvalue weighted by atomic mass is 32.2. The molecule has 3 aromatic carbocycles. The number of rotatable bonds is 11. The van der Waals surface area contributed by atoms with Crippen LogP contribution in [0.5, 0.6) is 0 Å². The number of sulfonamides is 1. The second-order valence-corrected chi connectivity index (χ2v) is 11.1. The molecule has 2 unspecified atom stereocenters. The van der Waals surface area contributed by atoms with Crippen molar-refractivity contribution in [2.45, 2.75) is 57.2 Å². The lowest BCUT2D eigenvalue weighted by molar-refractivity contribution is -0.134. The number of carbonyl (C=O) groups is 1. The number of hydrogen-bond acceptors (Lipinski definition) is 5. The minimum atomic E-state index is -3.95. The standard InChI is InChI=1S/C26H32N2O5S/c1-17(2)15-22(28-34(32,33)20-13-9-6-10-14-20)25(30)27-26(31,18(3)4)16-21-23(24(21)29)19-11-7-5-8-12-19/h5-14,17-18,22,28,31H,15-16H2,1-4H3,(H,27,30). The van der Waals surface area contributed by atoms with Crippen molar-refractivity contribution >= 4 is 15.9 Å². The Morgan fingerprint density at radius 2 is 1.53 bits per heavy atom. The summed E-state index contributed by atoms with van der Waals surface area (Å²) in [4.78, 5) is 25.7. The van der Waals surface area contributed by atoms with Crippen molar-refractivity contribution in [1.29, 1.82) is 0 Å². The summed E-state index contributed by atoms with van der Waals surface area (Å²) in [5.74, 6) is -1.06. The molecule has 0 bridgehead atoms. The Morgan fingerprint density at radius 1 is 0.971 bits per heavy atom. The largest absolute Gasteiger partial charge is 0.370 e. The topological polar surface area (TPSA) is 113 Å². The summed E-state index contributed by atoms with van der Waals surface area (Å²) in [5.41, 5.74) is -0.0619. The van der Waals surface area contributed by atoms with Crippen molar-refractivity contribution in [2.24, 2.45) is 11.8 Å². The Kier molecular flexibility index (Phi) is 7.75. The molecule has 0 spiro atoms. The van der Waals surface area contributed by atoms with Crippen molar-refractivity contribution < 1.29 is 18.3 Å². The first kappa shape index (κ1) is 25.8. The Bertz CT molecular complexity index is 1230. The molecule has 0 radical (unpaired) electrons. The Labute approximate surface area is 201 Å². The van der Waals surface area contributed by atoms with Crippen LogP contribution in [0.4, 0.5) is 0 Å². The van der Waals surface area contributed by atoms with E-state index in [0.29, 0.717) is 11.1 Å². The third kappa shape index (κ3) is 6.00. The van der Waals surface area contributed by atoms with E-state index in [2.05, 4.69) is 10.0 Å². The molecule has 1 amide bonds. The van der Waals surface area contributed by atoms with Gasteiger partial charge >= 0.3 is 0 Å². The summed E-state index contributed by atoms with van der Waals surface area (Å²) in [6.07, 6.45) is 0.183. The van der Waals surface area contributed by atoms with Crippen LogP contribution in [-0.4, -0.2) is 31.2 Å². The molecular weight excluding hydrogens is 452 g/mol. The highest BCUT2D eigenvalue weighted by molar-refractivity contribution is 7.89. The molecule has 0 aliphatic rings. The predicted molar refractivity (Wildman–Crippen MR) is 132 cm³/mol. The molecule has 0 heterocycles. The maximum atomic E-state index is 13.2. The first-order chi connectivity index (χ1) is 15.9. The van der Waals surface area contributed by atoms with Gasteiger partial charge in [0, 0.05) is 23.5 Å². The molecular formula is C26H32N2O5S. The number of aliphatic hydroxyl groups is 1. The van der Waals surface area contributed by atoms with Gasteiger partial charge in [-0.05, 0) is 30.0 Å². The molecule has 3 N–H and O–H groups in total. The zero-order valence-electron chi connectivity index (χ0n) is 19.9. The third-order valence-corrected chi connectivity index (χ3v) is 7.41. The van der Waals surface area contributed by atoms with E-state index in [-0.39, 0.29) is 29.1 Å². The van der Waals surface area contributed by atoms with Gasteiger partial charge in [-0.25, -0.2) is 8.42 Å². The van der Waals surface area contributed by atoms with Gasteiger partial charge in [0.05, 0.1) is 4.90 Å². The molecule has 0 saturated heterocycles. The lowest BCUT2D eigenvalue weighted by Gasteiger charge is -2.34. The molecule has 0 aromatic heterocycles. The Morgan fingerprint density at radius 3 is 2.06 bits per heavy atom. The van der Waals surface area contributed by atoms with Crippen LogP contribution < -0.4 is 15.5 Å². The van der Waals surface area contributed by atoms with Gasteiger partial charge in [-0.1, -0.05) is 76.2 Å². The van der Waals surface area contributed by atoms with Gasteiger partial charge < -0.3 is 10.4 Å². The zero-order valence-corrected chi connectivity index (χ0v) is 20.7. The summed E-state index contributed by atoms with van der Waals surface area (Å²) < 4.78 is 28.2. The summed E-state index contributed by atoms with van der Waals surface area (Å²) in [7, 11) is -3.95. The van der Waals surface area contributed by atoms with E-state index < -0.39 is 33.6 Å². The van der Waals surface area contributed by atoms with Gasteiger partial charge in [0.2, 0.25) is 15.9 Å². The fourth-order valence-corrected chi connectivity index (χ4v) is 5.01. The van der Waals surface area contributed by atoms with Crippen LogP contribution in [0.25, 0.3) is 11.1 Å². The average Bonchev–Trinajstić information content (AvgIpc) is 3.41. The number of benzene rings is 2. The molecule has 3 rings (SSSR count). The van der Waals surface area contributed by atoms with Crippen molar-refractivity contribution in [3.05, 3.63) is 76.5 Å². The number of carbonyl (C=O) groups excluding carboxylic acids is 1. The van der Waals surface area contributed by atoms with Gasteiger partial charge in [0.15, 0.2) is 5.43 Å². The van der Waals surface area contributed by atoms with Crippen molar-refractivity contribution in [3.63, 3.8) is 0 Å². The van der Waals surface area contributed by atoms with Gasteiger partial charge in [-0.3, -0.25) is 9.59 Å². The lowest BCUT2D eigenvalue weighted by Crippen LogP contribution is -2.59. The molecule has 7 nitrogen and oxygen atoms in total. The number of amides is 1. The summed E-state index contributed by atoms with van der Waals surface area (Å²) >= 11 is 0. The highest BCUT2D eigenvalue weighted by Crippen LogP contribution is 2.30. The molecule has 0 fully saturated rings. The maximum Gasteiger partial charge on any atom is 0.241 e. The van der Waals surface area contributed by atoms with Crippen LogP contribution in [0.15, 0.2) is 70.4 Å². The van der Waals surface area contributed by atoms with E-state index in [4.69, 9.17) is 0 Å². The quantitative estimate of drug-likeness (QED) is 0.362. The minimum Gasteiger partial charge on any atom is -0.370 e. The molecule has 8 heteroatoms. The minimum absolute atomic E-state index is 0.0127. The second kappa shape index (κ2) is 10.2. The molecule has 0 aliphatic carbocycles. The molecule has 2 atom stereocenters. The van der Waals surface area contributed by atoms with Gasteiger partial charge in [0.25, 0.3) is 0 Å². The van der Waals surface area contributed by atoms with Crippen molar-refractivity contribution in [2.75, 3.05) is 0 Å². The summed E-state index contributed by atoms with van der Waals surface area (Å²) in [6.45, 7) is 7.24. The van der Waals surface area contributed by atoms with Crippen LogP contribution in [0.2, 0.25) is 0 Å². The van der Waals surface area contributed by atoms with Crippen molar-refractivity contribution in [3.8, 4) is 11.1 Å². The fourth-order valence-electron chi connectivity index (χ4n) is 3.78. The van der Waals surface area contributed by atoms with E-state index in [0.717, 1.165) is 5.56 Å². The molecule has 0 saturated carbocycles. The molecule has 34 heavy (non-hydrogen) atoms. The number of nitrogens with one attached hydrogen (secondary N) is 2. The van der Waals surface area contributed by atoms with Crippen LogP contribution in [0.3, 0.4) is 0 Å². The van der Waals surface area contributed by atoms with Crippen LogP contribution in [0, 0.1) is 11.8 Å². The maximum absolute atomic E-state index is 13.2. The van der Waals surface area contributed by atoms with E-state index in [1.165, 1.54) is 12.1 Å². The van der Waals surface area contributed by atoms with E-state index in [1.807, 2.05) is 44.2 Å². The van der Waals surface area contributed by atoms with E-state index in [1.54, 1.807) is 32.0 Å². The average molecular weight is 485 g/mol. The summed E-state index contributed by atoms with van der Waals surface area (Å²) in [6, 6.07) is 15.9. The van der Waals surface area contributed by atoms with E-state index >= 15 is 0 Å². The second-order valence-electron chi connectivity index (χ2n) is 9.41. The summed E-state index contributed by atoms with van der Waals surface area (Å²) in [5, 5.41) is 14.0. The molecule has 0 aliphatic heterocycles. The highest BCUT2D eigenvalue weighted by Gasteiger charge is 2.40. The molecule has 182 valence electrons. The van der Waals surface area contributed by atoms with Gasteiger partial charge in [-0.15, -0.1) is 0 Å². The predicted octanol–water partition coefficient (Wildman–Crippen LogP) is 2.99.